The van der Waals surface area contributed by atoms with Crippen LogP contribution in [-0.4, -0.2) is 70.2 Å². The molecule has 0 bridgehead atoms. The summed E-state index contributed by atoms with van der Waals surface area (Å²) >= 11 is 0. The van der Waals surface area contributed by atoms with Gasteiger partial charge in [-0.1, -0.05) is 19.3 Å². The summed E-state index contributed by atoms with van der Waals surface area (Å²) in [6.45, 7) is 1.56. The van der Waals surface area contributed by atoms with Crippen molar-refractivity contribution >= 4 is 5.91 Å². The molecule has 0 aromatic carbocycles. The van der Waals surface area contributed by atoms with Crippen molar-refractivity contribution in [3.8, 4) is 0 Å². The number of carbonyl (C=O) groups excluding carboxylic acids is 1. The Morgan fingerprint density at radius 1 is 0.960 bits per heavy atom. The molecular weight excluding hydrogens is 322 g/mol. The highest BCUT2D eigenvalue weighted by Gasteiger charge is 2.44. The Balaban J connectivity index is 1.63. The molecule has 144 valence electrons. The van der Waals surface area contributed by atoms with Crippen LogP contribution in [0.3, 0.4) is 0 Å². The minimum atomic E-state index is -0.883. The standard InChI is InChI=1S/C19H33NO5/c21-14-7-4-8-20(11-14)19(24)18-16(23)9-15(22)10-17(18)25-12-13-5-2-1-3-6-13/h13-18,21-23H,1-12H2/t14-,15?,16?,17?,18?/m0/s1. The maximum Gasteiger partial charge on any atom is 0.231 e. The molecule has 4 unspecified atom stereocenters. The predicted octanol–water partition coefficient (Wildman–Crippen LogP) is 1.07. The Kier molecular flexibility index (Phi) is 6.72. The van der Waals surface area contributed by atoms with Crippen LogP contribution in [0.25, 0.3) is 0 Å². The molecule has 2 aliphatic carbocycles. The number of nitrogens with zero attached hydrogens (tertiary/aromatic N) is 1. The second-order valence-electron chi connectivity index (χ2n) is 8.17. The molecule has 2 saturated carbocycles. The zero-order valence-corrected chi connectivity index (χ0v) is 15.1. The van der Waals surface area contributed by atoms with Gasteiger partial charge in [0.15, 0.2) is 0 Å². The van der Waals surface area contributed by atoms with Crippen molar-refractivity contribution < 1.29 is 24.9 Å². The van der Waals surface area contributed by atoms with Gasteiger partial charge in [-0.2, -0.15) is 0 Å². The number of aliphatic hydroxyl groups excluding tert-OH is 3. The first kappa shape index (κ1) is 19.1. The molecule has 25 heavy (non-hydrogen) atoms. The molecule has 6 heteroatoms. The van der Waals surface area contributed by atoms with Crippen LogP contribution in [0.1, 0.15) is 57.8 Å². The molecule has 6 nitrogen and oxygen atoms in total. The van der Waals surface area contributed by atoms with E-state index in [1.165, 1.54) is 19.3 Å². The summed E-state index contributed by atoms with van der Waals surface area (Å²) < 4.78 is 6.08. The van der Waals surface area contributed by atoms with Crippen molar-refractivity contribution in [2.45, 2.75) is 82.2 Å². The lowest BCUT2D eigenvalue weighted by molar-refractivity contribution is -0.161. The molecule has 3 rings (SSSR count). The van der Waals surface area contributed by atoms with E-state index >= 15 is 0 Å². The SMILES string of the molecule is O=C(C1C(O)CC(O)CC1OCC1CCCCC1)N1CCC[C@H](O)C1. The van der Waals surface area contributed by atoms with Gasteiger partial charge in [-0.3, -0.25) is 4.79 Å². The summed E-state index contributed by atoms with van der Waals surface area (Å²) in [4.78, 5) is 14.6. The summed E-state index contributed by atoms with van der Waals surface area (Å²) in [7, 11) is 0. The number of aliphatic hydroxyl groups is 3. The Hall–Kier alpha value is -0.690. The van der Waals surface area contributed by atoms with Crippen LogP contribution in [0, 0.1) is 11.8 Å². The van der Waals surface area contributed by atoms with Crippen molar-refractivity contribution in [2.24, 2.45) is 11.8 Å². The Morgan fingerprint density at radius 2 is 1.72 bits per heavy atom. The van der Waals surface area contributed by atoms with E-state index < -0.39 is 30.3 Å². The Labute approximate surface area is 150 Å². The number of carbonyl (C=O) groups is 1. The number of rotatable bonds is 4. The molecule has 3 fully saturated rings. The minimum Gasteiger partial charge on any atom is -0.393 e. The average molecular weight is 355 g/mol. The lowest BCUT2D eigenvalue weighted by Gasteiger charge is -2.41. The van der Waals surface area contributed by atoms with Gasteiger partial charge in [0.25, 0.3) is 0 Å². The summed E-state index contributed by atoms with van der Waals surface area (Å²) in [5.41, 5.74) is 0. The third-order valence-corrected chi connectivity index (χ3v) is 6.10. The highest BCUT2D eigenvalue weighted by molar-refractivity contribution is 5.80. The molecule has 1 heterocycles. The second kappa shape index (κ2) is 8.80. The van der Waals surface area contributed by atoms with Crippen LogP contribution in [0.5, 0.6) is 0 Å². The summed E-state index contributed by atoms with van der Waals surface area (Å²) in [6.07, 6.45) is 5.78. The van der Waals surface area contributed by atoms with Gasteiger partial charge < -0.3 is 25.0 Å². The van der Waals surface area contributed by atoms with E-state index in [1.54, 1.807) is 4.90 Å². The van der Waals surface area contributed by atoms with Crippen molar-refractivity contribution in [2.75, 3.05) is 19.7 Å². The van der Waals surface area contributed by atoms with Crippen molar-refractivity contribution in [1.82, 2.24) is 4.90 Å². The van der Waals surface area contributed by atoms with Gasteiger partial charge >= 0.3 is 0 Å². The molecular formula is C19H33NO5. The van der Waals surface area contributed by atoms with Gasteiger partial charge in [-0.25, -0.2) is 0 Å². The number of piperidine rings is 1. The highest BCUT2D eigenvalue weighted by Crippen LogP contribution is 2.32. The Bertz CT molecular complexity index is 440. The van der Waals surface area contributed by atoms with E-state index in [1.807, 2.05) is 0 Å². The van der Waals surface area contributed by atoms with Gasteiger partial charge in [0, 0.05) is 32.5 Å². The average Bonchev–Trinajstić information content (AvgIpc) is 2.60. The molecule has 3 aliphatic rings. The number of β-amino-alcohol motifs (C(OH)–C–C–N with tert-alkyl or cyclic N) is 1. The van der Waals surface area contributed by atoms with E-state index in [0.717, 1.165) is 25.7 Å². The van der Waals surface area contributed by atoms with E-state index in [0.29, 0.717) is 32.0 Å². The molecule has 1 aliphatic heterocycles. The van der Waals surface area contributed by atoms with Gasteiger partial charge in [-0.15, -0.1) is 0 Å². The van der Waals surface area contributed by atoms with Crippen molar-refractivity contribution in [1.29, 1.82) is 0 Å². The monoisotopic (exact) mass is 355 g/mol. The van der Waals surface area contributed by atoms with Gasteiger partial charge in [-0.05, 0) is 31.6 Å². The van der Waals surface area contributed by atoms with E-state index in [2.05, 4.69) is 0 Å². The lowest BCUT2D eigenvalue weighted by atomic mass is 9.80. The van der Waals surface area contributed by atoms with Crippen LogP contribution >= 0.6 is 0 Å². The zero-order valence-electron chi connectivity index (χ0n) is 15.1. The van der Waals surface area contributed by atoms with Gasteiger partial charge in [0.1, 0.15) is 0 Å². The fourth-order valence-electron chi connectivity index (χ4n) is 4.66. The normalized spacial score (nSPS) is 37.9. The van der Waals surface area contributed by atoms with Crippen LogP contribution in [-0.2, 0) is 9.53 Å². The smallest absolute Gasteiger partial charge is 0.231 e. The molecule has 0 aromatic rings. The maximum absolute atomic E-state index is 13.0. The number of likely N-dealkylation sites (tertiary alicyclic amines) is 1. The van der Waals surface area contributed by atoms with Crippen LogP contribution in [0.2, 0.25) is 0 Å². The number of hydrogen-bond donors (Lipinski definition) is 3. The third kappa shape index (κ3) is 4.94. The molecule has 0 radical (unpaired) electrons. The molecule has 5 atom stereocenters. The molecule has 0 aromatic heterocycles. The van der Waals surface area contributed by atoms with E-state index in [9.17, 15) is 20.1 Å². The first-order chi connectivity index (χ1) is 12.0. The largest absolute Gasteiger partial charge is 0.393 e. The topological polar surface area (TPSA) is 90.2 Å². The molecule has 1 amide bonds. The van der Waals surface area contributed by atoms with E-state index in [4.69, 9.17) is 4.74 Å². The predicted molar refractivity (Wildman–Crippen MR) is 92.9 cm³/mol. The fraction of sp³-hybridized carbons (Fsp3) is 0.947. The van der Waals surface area contributed by atoms with Crippen LogP contribution in [0.15, 0.2) is 0 Å². The molecule has 3 N–H and O–H groups in total. The summed E-state index contributed by atoms with van der Waals surface area (Å²) in [6, 6.07) is 0. The third-order valence-electron chi connectivity index (χ3n) is 6.10. The first-order valence-corrected chi connectivity index (χ1v) is 9.99. The molecule has 0 spiro atoms. The van der Waals surface area contributed by atoms with Crippen molar-refractivity contribution in [3.63, 3.8) is 0 Å². The van der Waals surface area contributed by atoms with Crippen LogP contribution in [0.4, 0.5) is 0 Å². The number of ether oxygens (including phenoxy) is 1. The quantitative estimate of drug-likeness (QED) is 0.702. The minimum absolute atomic E-state index is 0.133. The molecule has 1 saturated heterocycles. The number of amides is 1. The summed E-state index contributed by atoms with van der Waals surface area (Å²) in [5.74, 6) is -0.235. The second-order valence-corrected chi connectivity index (χ2v) is 8.17. The van der Waals surface area contributed by atoms with Crippen LogP contribution < -0.4 is 0 Å². The Morgan fingerprint density at radius 3 is 2.44 bits per heavy atom. The summed E-state index contributed by atoms with van der Waals surface area (Å²) in [5, 5.41) is 30.3. The highest BCUT2D eigenvalue weighted by atomic mass is 16.5. The lowest BCUT2D eigenvalue weighted by Crippen LogP contribution is -2.54. The van der Waals surface area contributed by atoms with Gasteiger partial charge in [0.05, 0.1) is 30.3 Å². The first-order valence-electron chi connectivity index (χ1n) is 9.99. The fourth-order valence-corrected chi connectivity index (χ4v) is 4.66. The van der Waals surface area contributed by atoms with Gasteiger partial charge in [0.2, 0.25) is 5.91 Å². The van der Waals surface area contributed by atoms with E-state index in [-0.39, 0.29) is 12.3 Å². The van der Waals surface area contributed by atoms with Crippen molar-refractivity contribution in [3.05, 3.63) is 0 Å². The maximum atomic E-state index is 13.0. The number of hydrogen-bond acceptors (Lipinski definition) is 5. The zero-order chi connectivity index (χ0) is 17.8.